The average Bonchev–Trinajstić information content (AvgIpc) is 2.08. The SMILES string of the molecule is Cc1ccc(/C=N\NC(N)=S)nn1. The summed E-state index contributed by atoms with van der Waals surface area (Å²) in [5, 5.41) is 11.5. The van der Waals surface area contributed by atoms with Crippen molar-refractivity contribution in [1.82, 2.24) is 15.6 Å². The standard InChI is InChI=1S/C7H9N5S/c1-5-2-3-6(11-10-5)4-9-12-7(8)13/h2-4H,1H3,(H3,8,12,13)/b9-4-. The maximum atomic E-state index is 5.15. The molecular weight excluding hydrogens is 186 g/mol. The van der Waals surface area contributed by atoms with Gasteiger partial charge in [-0.1, -0.05) is 0 Å². The lowest BCUT2D eigenvalue weighted by atomic mass is 10.4. The molecule has 0 unspecified atom stereocenters. The summed E-state index contributed by atoms with van der Waals surface area (Å²) in [5.74, 6) is 0. The maximum Gasteiger partial charge on any atom is 0.184 e. The van der Waals surface area contributed by atoms with E-state index in [9.17, 15) is 0 Å². The Morgan fingerprint density at radius 2 is 2.38 bits per heavy atom. The Kier molecular flexibility index (Phi) is 3.27. The van der Waals surface area contributed by atoms with Gasteiger partial charge in [-0.3, -0.25) is 5.43 Å². The third-order valence-electron chi connectivity index (χ3n) is 1.19. The van der Waals surface area contributed by atoms with E-state index in [0.717, 1.165) is 5.69 Å². The second-order valence-corrected chi connectivity index (χ2v) is 2.77. The zero-order valence-electron chi connectivity index (χ0n) is 7.06. The predicted molar refractivity (Wildman–Crippen MR) is 54.3 cm³/mol. The van der Waals surface area contributed by atoms with E-state index in [1.54, 1.807) is 6.07 Å². The molecule has 0 fully saturated rings. The molecule has 6 heteroatoms. The smallest absolute Gasteiger partial charge is 0.184 e. The molecule has 13 heavy (non-hydrogen) atoms. The van der Waals surface area contributed by atoms with Crippen molar-refractivity contribution in [2.24, 2.45) is 10.8 Å². The molecule has 0 amide bonds. The number of nitrogens with zero attached hydrogens (tertiary/aromatic N) is 3. The van der Waals surface area contributed by atoms with Gasteiger partial charge in [-0.15, -0.1) is 5.10 Å². The number of hydrogen-bond donors (Lipinski definition) is 2. The molecule has 0 aliphatic carbocycles. The molecule has 0 spiro atoms. The largest absolute Gasteiger partial charge is 0.375 e. The second-order valence-electron chi connectivity index (χ2n) is 2.33. The molecule has 3 N–H and O–H groups in total. The fraction of sp³-hybridized carbons (Fsp3) is 0.143. The molecule has 1 heterocycles. The van der Waals surface area contributed by atoms with Gasteiger partial charge < -0.3 is 5.73 Å². The van der Waals surface area contributed by atoms with Crippen molar-refractivity contribution in [1.29, 1.82) is 0 Å². The van der Waals surface area contributed by atoms with Crippen molar-refractivity contribution in [3.63, 3.8) is 0 Å². The molecule has 0 radical (unpaired) electrons. The van der Waals surface area contributed by atoms with Gasteiger partial charge in [-0.2, -0.15) is 10.2 Å². The van der Waals surface area contributed by atoms with Gasteiger partial charge in [0, 0.05) is 0 Å². The first-order valence-corrected chi connectivity index (χ1v) is 3.98. The number of aromatic nitrogens is 2. The van der Waals surface area contributed by atoms with Gasteiger partial charge in [0.25, 0.3) is 0 Å². The van der Waals surface area contributed by atoms with Crippen LogP contribution in [0.2, 0.25) is 0 Å². The molecule has 0 saturated carbocycles. The Labute approximate surface area is 81.0 Å². The Morgan fingerprint density at radius 3 is 2.92 bits per heavy atom. The van der Waals surface area contributed by atoms with Crippen molar-refractivity contribution >= 4 is 23.5 Å². The lowest BCUT2D eigenvalue weighted by Gasteiger charge is -1.93. The summed E-state index contributed by atoms with van der Waals surface area (Å²) < 4.78 is 0. The van der Waals surface area contributed by atoms with Crippen LogP contribution in [0.15, 0.2) is 17.2 Å². The van der Waals surface area contributed by atoms with E-state index in [2.05, 4.69) is 32.9 Å². The summed E-state index contributed by atoms with van der Waals surface area (Å²) in [6, 6.07) is 3.64. The van der Waals surface area contributed by atoms with E-state index in [-0.39, 0.29) is 5.11 Å². The van der Waals surface area contributed by atoms with Crippen LogP contribution < -0.4 is 11.2 Å². The number of rotatable bonds is 2. The molecule has 0 saturated heterocycles. The molecule has 0 atom stereocenters. The molecule has 68 valence electrons. The number of hydrogen-bond acceptors (Lipinski definition) is 4. The molecule has 1 aromatic heterocycles. The number of nitrogens with two attached hydrogens (primary N) is 1. The summed E-state index contributed by atoms with van der Waals surface area (Å²) >= 11 is 4.55. The monoisotopic (exact) mass is 195 g/mol. The molecule has 0 bridgehead atoms. The number of aryl methyl sites for hydroxylation is 1. The van der Waals surface area contributed by atoms with Gasteiger partial charge in [0.2, 0.25) is 0 Å². The Morgan fingerprint density at radius 1 is 1.62 bits per heavy atom. The van der Waals surface area contributed by atoms with Crippen LogP contribution in [0.1, 0.15) is 11.4 Å². The molecule has 1 aromatic rings. The molecule has 1 rings (SSSR count). The normalized spacial score (nSPS) is 10.2. The minimum Gasteiger partial charge on any atom is -0.375 e. The minimum atomic E-state index is 0.122. The summed E-state index contributed by atoms with van der Waals surface area (Å²) in [6.07, 6.45) is 1.49. The minimum absolute atomic E-state index is 0.122. The predicted octanol–water partition coefficient (Wildman–Crippen LogP) is -0.0479. The van der Waals surface area contributed by atoms with Crippen LogP contribution in [0.3, 0.4) is 0 Å². The van der Waals surface area contributed by atoms with Crippen LogP contribution in [-0.4, -0.2) is 21.5 Å². The highest BCUT2D eigenvalue weighted by molar-refractivity contribution is 7.80. The number of hydrazone groups is 1. The first-order valence-electron chi connectivity index (χ1n) is 3.57. The summed E-state index contributed by atoms with van der Waals surface area (Å²) in [5.41, 5.74) is 9.08. The van der Waals surface area contributed by atoms with Crippen LogP contribution in [-0.2, 0) is 0 Å². The van der Waals surface area contributed by atoms with Crippen molar-refractivity contribution in [3.05, 3.63) is 23.5 Å². The number of nitrogens with one attached hydrogen (secondary N) is 1. The second kappa shape index (κ2) is 4.46. The first-order chi connectivity index (χ1) is 6.18. The van der Waals surface area contributed by atoms with Crippen molar-refractivity contribution in [2.75, 3.05) is 0 Å². The summed E-state index contributed by atoms with van der Waals surface area (Å²) in [7, 11) is 0. The zero-order valence-corrected chi connectivity index (χ0v) is 7.88. The number of thiocarbonyl (C=S) groups is 1. The van der Waals surface area contributed by atoms with Crippen LogP contribution in [0.4, 0.5) is 0 Å². The highest BCUT2D eigenvalue weighted by Crippen LogP contribution is 1.90. The molecule has 0 aliphatic rings. The lowest BCUT2D eigenvalue weighted by Crippen LogP contribution is -2.24. The summed E-state index contributed by atoms with van der Waals surface area (Å²) in [6.45, 7) is 1.86. The maximum absolute atomic E-state index is 5.15. The molecular formula is C7H9N5S. The van der Waals surface area contributed by atoms with Gasteiger partial charge in [-0.25, -0.2) is 0 Å². The van der Waals surface area contributed by atoms with Gasteiger partial charge in [0.1, 0.15) is 5.69 Å². The van der Waals surface area contributed by atoms with E-state index in [0.29, 0.717) is 5.69 Å². The quantitative estimate of drug-likeness (QED) is 0.393. The van der Waals surface area contributed by atoms with Gasteiger partial charge in [0.15, 0.2) is 5.11 Å². The third kappa shape index (κ3) is 3.57. The fourth-order valence-electron chi connectivity index (χ4n) is 0.640. The first kappa shape index (κ1) is 9.53. The van der Waals surface area contributed by atoms with Crippen molar-refractivity contribution in [3.8, 4) is 0 Å². The van der Waals surface area contributed by atoms with E-state index in [4.69, 9.17) is 5.73 Å². The fourth-order valence-corrected chi connectivity index (χ4v) is 0.693. The molecule has 5 nitrogen and oxygen atoms in total. The van der Waals surface area contributed by atoms with Gasteiger partial charge in [-0.05, 0) is 31.3 Å². The van der Waals surface area contributed by atoms with Crippen LogP contribution in [0.25, 0.3) is 0 Å². The topological polar surface area (TPSA) is 76.2 Å². The third-order valence-corrected chi connectivity index (χ3v) is 1.28. The lowest BCUT2D eigenvalue weighted by molar-refractivity contribution is 0.965. The highest BCUT2D eigenvalue weighted by Gasteiger charge is 1.89. The van der Waals surface area contributed by atoms with E-state index >= 15 is 0 Å². The van der Waals surface area contributed by atoms with Crippen LogP contribution in [0.5, 0.6) is 0 Å². The zero-order chi connectivity index (χ0) is 9.68. The average molecular weight is 195 g/mol. The van der Waals surface area contributed by atoms with Crippen molar-refractivity contribution < 1.29 is 0 Å². The van der Waals surface area contributed by atoms with Gasteiger partial charge in [0.05, 0.1) is 11.9 Å². The van der Waals surface area contributed by atoms with E-state index in [1.165, 1.54) is 6.21 Å². The van der Waals surface area contributed by atoms with Gasteiger partial charge >= 0.3 is 0 Å². The Balaban J connectivity index is 2.59. The summed E-state index contributed by atoms with van der Waals surface area (Å²) in [4.78, 5) is 0. The van der Waals surface area contributed by atoms with Crippen LogP contribution in [0, 0.1) is 6.92 Å². The van der Waals surface area contributed by atoms with E-state index < -0.39 is 0 Å². The van der Waals surface area contributed by atoms with Crippen molar-refractivity contribution in [2.45, 2.75) is 6.92 Å². The van der Waals surface area contributed by atoms with Crippen LogP contribution >= 0.6 is 12.2 Å². The Bertz CT molecular complexity index is 318. The Hall–Kier alpha value is -1.56. The molecule has 0 aromatic carbocycles. The van der Waals surface area contributed by atoms with E-state index in [1.807, 2.05) is 13.0 Å². The highest BCUT2D eigenvalue weighted by atomic mass is 32.1. The molecule has 0 aliphatic heterocycles.